The van der Waals surface area contributed by atoms with Gasteiger partial charge < -0.3 is 15.3 Å². The molecule has 1 aromatic heterocycles. The molecule has 16 nitrogen and oxygen atoms in total. The molecule has 0 atom stereocenters. The second kappa shape index (κ2) is 13.2. The van der Waals surface area contributed by atoms with Gasteiger partial charge in [-0.1, -0.05) is 48.6 Å². The SMILES string of the molecule is O=C(O)C1=NN(Cc2ccccc2S(=O)(=O)O)C(=O)/C1=C\C=C\c1c(C(=O)O)nn(Cc2ccccc2S(=O)(=O)O)c1[O-].[Na+]. The Bertz CT molecular complexity index is 1980. The van der Waals surface area contributed by atoms with Crippen LogP contribution in [0.1, 0.15) is 27.2 Å². The van der Waals surface area contributed by atoms with Crippen molar-refractivity contribution in [1.82, 2.24) is 14.8 Å². The largest absolute Gasteiger partial charge is 1.00 e. The van der Waals surface area contributed by atoms with Crippen LogP contribution in [-0.2, 0) is 42.9 Å². The molecule has 0 bridgehead atoms. The Labute approximate surface area is 271 Å². The Hall–Kier alpha value is -4.17. The number of aliphatic carboxylic acids is 1. The first-order chi connectivity index (χ1) is 20.1. The van der Waals surface area contributed by atoms with Gasteiger partial charge in [-0.15, -0.1) is 0 Å². The number of aromatic nitrogens is 2. The Kier molecular flexibility index (Phi) is 10.3. The van der Waals surface area contributed by atoms with Crippen LogP contribution < -0.4 is 34.7 Å². The predicted octanol–water partition coefficient (Wildman–Crippen LogP) is -2.38. The maximum atomic E-state index is 13.0. The number of rotatable bonds is 10. The Morgan fingerprint density at radius 2 is 1.39 bits per heavy atom. The maximum absolute atomic E-state index is 13.0. The normalized spacial score (nSPS) is 14.6. The fraction of sp³-hybridized carbons (Fsp3) is 0.0800. The van der Waals surface area contributed by atoms with Gasteiger partial charge in [0, 0.05) is 5.56 Å². The molecule has 19 heteroatoms. The van der Waals surface area contributed by atoms with Crippen LogP contribution in [0.2, 0.25) is 0 Å². The molecular weight excluding hydrogens is 635 g/mol. The van der Waals surface area contributed by atoms with Crippen LogP contribution in [0.25, 0.3) is 6.08 Å². The van der Waals surface area contributed by atoms with E-state index in [0.717, 1.165) is 30.4 Å². The summed E-state index contributed by atoms with van der Waals surface area (Å²) in [6.45, 7) is -1.06. The van der Waals surface area contributed by atoms with Crippen molar-refractivity contribution in [2.24, 2.45) is 5.10 Å². The molecule has 4 N–H and O–H groups in total. The first kappa shape index (κ1) is 34.3. The Morgan fingerprint density at radius 1 is 0.864 bits per heavy atom. The number of hydrogen-bond donors (Lipinski definition) is 4. The van der Waals surface area contributed by atoms with Gasteiger partial charge in [0.1, 0.15) is 0 Å². The number of hydrazone groups is 1. The van der Waals surface area contributed by atoms with Crippen LogP contribution in [0.5, 0.6) is 5.88 Å². The van der Waals surface area contributed by atoms with Crippen molar-refractivity contribution in [3.05, 3.63) is 88.6 Å². The van der Waals surface area contributed by atoms with Crippen molar-refractivity contribution in [2.45, 2.75) is 22.9 Å². The summed E-state index contributed by atoms with van der Waals surface area (Å²) in [5, 5.41) is 40.2. The Balaban J connectivity index is 0.00000529. The monoisotopic (exact) mass is 654 g/mol. The first-order valence-electron chi connectivity index (χ1n) is 11.7. The second-order valence-corrected chi connectivity index (χ2v) is 11.5. The van der Waals surface area contributed by atoms with Crippen molar-refractivity contribution in [3.8, 4) is 5.88 Å². The van der Waals surface area contributed by atoms with Crippen molar-refractivity contribution in [1.29, 1.82) is 0 Å². The number of carbonyl (C=O) groups excluding carboxylic acids is 1. The summed E-state index contributed by atoms with van der Waals surface area (Å²) >= 11 is 0. The molecule has 224 valence electrons. The van der Waals surface area contributed by atoms with Gasteiger partial charge in [0.25, 0.3) is 26.1 Å². The summed E-state index contributed by atoms with van der Waals surface area (Å²) in [5.74, 6) is -5.21. The summed E-state index contributed by atoms with van der Waals surface area (Å²) in [7, 11) is -9.36. The van der Waals surface area contributed by atoms with E-state index in [1.54, 1.807) is 0 Å². The van der Waals surface area contributed by atoms with E-state index in [1.807, 2.05) is 0 Å². The summed E-state index contributed by atoms with van der Waals surface area (Å²) < 4.78 is 66.3. The van der Waals surface area contributed by atoms with Gasteiger partial charge in [-0.25, -0.2) is 14.6 Å². The number of aromatic carboxylic acids is 1. The minimum absolute atomic E-state index is 0. The van der Waals surface area contributed by atoms with E-state index < -0.39 is 89.4 Å². The minimum Gasteiger partial charge on any atom is -0.858 e. The van der Waals surface area contributed by atoms with Crippen LogP contribution in [0, 0.1) is 0 Å². The van der Waals surface area contributed by atoms with E-state index in [9.17, 15) is 55.6 Å². The molecule has 1 aliphatic heterocycles. The summed E-state index contributed by atoms with van der Waals surface area (Å²) in [4.78, 5) is 35.5. The van der Waals surface area contributed by atoms with Gasteiger partial charge in [0.2, 0.25) is 0 Å². The zero-order chi connectivity index (χ0) is 31.7. The van der Waals surface area contributed by atoms with Gasteiger partial charge in [-0.3, -0.25) is 18.6 Å². The molecule has 0 spiro atoms. The van der Waals surface area contributed by atoms with Crippen LogP contribution in [0.3, 0.4) is 0 Å². The van der Waals surface area contributed by atoms with E-state index in [1.165, 1.54) is 36.4 Å². The molecule has 44 heavy (non-hydrogen) atoms. The number of nitrogens with zero attached hydrogens (tertiary/aromatic N) is 4. The third-order valence-corrected chi connectivity index (χ3v) is 7.86. The van der Waals surface area contributed by atoms with Crippen LogP contribution >= 0.6 is 0 Å². The van der Waals surface area contributed by atoms with Crippen LogP contribution in [0.15, 0.2) is 81.1 Å². The predicted molar refractivity (Wildman–Crippen MR) is 143 cm³/mol. The summed E-state index contributed by atoms with van der Waals surface area (Å²) in [6, 6.07) is 10.2. The first-order valence-corrected chi connectivity index (χ1v) is 14.6. The third-order valence-electron chi connectivity index (χ3n) is 5.95. The average Bonchev–Trinajstić information content (AvgIpc) is 3.40. The molecule has 2 heterocycles. The number of allylic oxidation sites excluding steroid dienone is 2. The van der Waals surface area contributed by atoms with E-state index in [0.29, 0.717) is 9.69 Å². The van der Waals surface area contributed by atoms with Gasteiger partial charge in [-0.05, 0) is 35.2 Å². The number of benzene rings is 2. The molecule has 1 amide bonds. The summed E-state index contributed by atoms with van der Waals surface area (Å²) in [6.07, 6.45) is 2.89. The van der Waals surface area contributed by atoms with Gasteiger partial charge >= 0.3 is 41.5 Å². The summed E-state index contributed by atoms with van der Waals surface area (Å²) in [5.41, 5.74) is -2.59. The molecular formula is C25H19N4NaO12S2. The third kappa shape index (κ3) is 7.30. The second-order valence-electron chi connectivity index (χ2n) is 8.75. The molecule has 0 saturated heterocycles. The van der Waals surface area contributed by atoms with Crippen LogP contribution in [-0.4, -0.2) is 74.5 Å². The minimum atomic E-state index is -4.68. The van der Waals surface area contributed by atoms with Gasteiger partial charge in [0.05, 0.1) is 28.5 Å². The number of hydrogen-bond acceptors (Lipinski definition) is 10. The van der Waals surface area contributed by atoms with E-state index in [2.05, 4.69) is 10.2 Å². The van der Waals surface area contributed by atoms with Gasteiger partial charge in [0.15, 0.2) is 11.4 Å². The van der Waals surface area contributed by atoms with Crippen LogP contribution in [0.4, 0.5) is 0 Å². The topological polar surface area (TPSA) is 257 Å². The van der Waals surface area contributed by atoms with Crippen molar-refractivity contribution in [2.75, 3.05) is 0 Å². The molecule has 0 unspecified atom stereocenters. The zero-order valence-electron chi connectivity index (χ0n) is 22.4. The number of carboxylic acids is 2. The Morgan fingerprint density at radius 3 is 1.89 bits per heavy atom. The number of carbonyl (C=O) groups is 3. The molecule has 1 aliphatic rings. The van der Waals surface area contributed by atoms with Crippen molar-refractivity contribution in [3.63, 3.8) is 0 Å². The van der Waals surface area contributed by atoms with E-state index >= 15 is 0 Å². The molecule has 2 aromatic carbocycles. The molecule has 4 rings (SSSR count). The number of carboxylic acid groups (broad SMARTS) is 2. The number of amides is 1. The van der Waals surface area contributed by atoms with E-state index in [4.69, 9.17) is 0 Å². The molecule has 0 fully saturated rings. The fourth-order valence-corrected chi connectivity index (χ4v) is 5.52. The quantitative estimate of drug-likeness (QED) is 0.101. The molecule has 0 saturated carbocycles. The molecule has 3 aromatic rings. The van der Waals surface area contributed by atoms with Crippen molar-refractivity contribution < 1.29 is 85.2 Å². The van der Waals surface area contributed by atoms with E-state index in [-0.39, 0.29) is 40.7 Å². The van der Waals surface area contributed by atoms with Gasteiger partial charge in [-0.2, -0.15) is 27.0 Å². The molecule has 0 aliphatic carbocycles. The standard InChI is InChI=1S/C25H20N4O12S2.Na/c30-22-16(20(24(32)33)26-28(22)12-14-6-1-3-10-18(14)42(36,37)38)8-5-9-17-21(25(34)35)27-29(23(17)31)13-15-7-2-4-11-19(15)43(39,40)41;/h1-11,30H,12-13H2,(H,32,33)(H,34,35)(H,36,37,38)(H,39,40,41);/q;+1/p-1/b8-5+,17-9-;. The van der Waals surface area contributed by atoms with Crippen molar-refractivity contribution >= 4 is 49.9 Å². The fourth-order valence-electron chi connectivity index (χ4n) is 4.09. The molecule has 0 radical (unpaired) electrons. The zero-order valence-corrected chi connectivity index (χ0v) is 26.1. The smallest absolute Gasteiger partial charge is 0.858 e. The average molecular weight is 655 g/mol. The maximum Gasteiger partial charge on any atom is 1.00 e.